The number of fused-ring (bicyclic) bond motifs is 1. The summed E-state index contributed by atoms with van der Waals surface area (Å²) in [4.78, 5) is 22.5. The third kappa shape index (κ3) is 3.17. The average molecular weight is 296 g/mol. The highest BCUT2D eigenvalue weighted by Crippen LogP contribution is 2.23. The maximum absolute atomic E-state index is 11.3. The molecule has 0 aliphatic carbocycles. The van der Waals surface area contributed by atoms with Crippen LogP contribution in [0, 0.1) is 0 Å². The first-order chi connectivity index (χ1) is 9.40. The molecule has 0 spiro atoms. The van der Waals surface area contributed by atoms with Crippen molar-refractivity contribution in [2.45, 2.75) is 27.0 Å². The second kappa shape index (κ2) is 5.64. The SMILES string of the molecule is CC(=O)O[Si](C)(OC(C)=O)c1ccc2c(c1)COCO2. The lowest BCUT2D eigenvalue weighted by Crippen LogP contribution is -2.53. The Morgan fingerprint density at radius 2 is 1.85 bits per heavy atom. The van der Waals surface area contributed by atoms with E-state index in [2.05, 4.69) is 0 Å². The third-order valence-corrected chi connectivity index (χ3v) is 5.53. The highest BCUT2D eigenvalue weighted by molar-refractivity contribution is 6.82. The number of benzene rings is 1. The zero-order chi connectivity index (χ0) is 14.8. The summed E-state index contributed by atoms with van der Waals surface area (Å²) in [6, 6.07) is 5.32. The van der Waals surface area contributed by atoms with Crippen molar-refractivity contribution in [3.05, 3.63) is 23.8 Å². The van der Waals surface area contributed by atoms with Crippen molar-refractivity contribution < 1.29 is 27.9 Å². The molecular weight excluding hydrogens is 280 g/mol. The van der Waals surface area contributed by atoms with Crippen LogP contribution in [0.5, 0.6) is 5.75 Å². The van der Waals surface area contributed by atoms with Crippen molar-refractivity contribution in [2.24, 2.45) is 0 Å². The lowest BCUT2D eigenvalue weighted by molar-refractivity contribution is -0.138. The Morgan fingerprint density at radius 1 is 1.20 bits per heavy atom. The molecule has 0 unspecified atom stereocenters. The fourth-order valence-electron chi connectivity index (χ4n) is 2.06. The number of hydrogen-bond donors (Lipinski definition) is 0. The van der Waals surface area contributed by atoms with Gasteiger partial charge in [-0.05, 0) is 12.1 Å². The number of rotatable bonds is 3. The lowest BCUT2D eigenvalue weighted by Gasteiger charge is -2.26. The minimum atomic E-state index is -3.12. The number of hydrogen-bond acceptors (Lipinski definition) is 6. The first-order valence-corrected chi connectivity index (χ1v) is 8.45. The molecule has 0 fully saturated rings. The van der Waals surface area contributed by atoms with Crippen LogP contribution in [0.2, 0.25) is 6.55 Å². The van der Waals surface area contributed by atoms with Gasteiger partial charge in [-0.3, -0.25) is 9.59 Å². The molecule has 108 valence electrons. The van der Waals surface area contributed by atoms with Gasteiger partial charge in [0.2, 0.25) is 0 Å². The molecule has 6 nitrogen and oxygen atoms in total. The van der Waals surface area contributed by atoms with Gasteiger partial charge in [0.1, 0.15) is 5.75 Å². The maximum atomic E-state index is 11.3. The van der Waals surface area contributed by atoms with E-state index in [1.165, 1.54) is 13.8 Å². The van der Waals surface area contributed by atoms with Crippen LogP contribution < -0.4 is 9.92 Å². The smallest absolute Gasteiger partial charge is 0.482 e. The van der Waals surface area contributed by atoms with Crippen LogP contribution in [0.3, 0.4) is 0 Å². The molecule has 0 N–H and O–H groups in total. The van der Waals surface area contributed by atoms with Crippen LogP contribution in [0.25, 0.3) is 0 Å². The standard InChI is InChI=1S/C13H16O6Si/c1-9(14)18-20(3,19-10(2)15)12-4-5-13-11(6-12)7-16-8-17-13/h4-6H,7-8H2,1-3H3. The van der Waals surface area contributed by atoms with Crippen molar-refractivity contribution in [3.8, 4) is 5.75 Å². The number of carbonyl (C=O) groups excluding carboxylic acids is 2. The van der Waals surface area contributed by atoms with E-state index >= 15 is 0 Å². The first kappa shape index (κ1) is 14.5. The lowest BCUT2D eigenvalue weighted by atomic mass is 10.2. The summed E-state index contributed by atoms with van der Waals surface area (Å²) >= 11 is 0. The van der Waals surface area contributed by atoms with Gasteiger partial charge in [-0.15, -0.1) is 0 Å². The minimum Gasteiger partial charge on any atom is -0.482 e. The van der Waals surface area contributed by atoms with E-state index in [0.29, 0.717) is 11.8 Å². The van der Waals surface area contributed by atoms with Crippen LogP contribution in [0.4, 0.5) is 0 Å². The molecule has 1 aliphatic rings. The van der Waals surface area contributed by atoms with Gasteiger partial charge in [-0.2, -0.15) is 0 Å². The molecule has 0 radical (unpaired) electrons. The van der Waals surface area contributed by atoms with Crippen LogP contribution in [-0.4, -0.2) is 27.3 Å². The number of carbonyl (C=O) groups is 2. The van der Waals surface area contributed by atoms with E-state index in [4.69, 9.17) is 18.3 Å². The summed E-state index contributed by atoms with van der Waals surface area (Å²) in [5.41, 5.74) is 0.840. The van der Waals surface area contributed by atoms with Gasteiger partial charge in [0.25, 0.3) is 11.9 Å². The molecule has 0 aromatic heterocycles. The summed E-state index contributed by atoms with van der Waals surface area (Å²) < 4.78 is 21.1. The zero-order valence-corrected chi connectivity index (χ0v) is 12.6. The van der Waals surface area contributed by atoms with E-state index in [-0.39, 0.29) is 6.79 Å². The molecule has 0 bridgehead atoms. The molecular formula is C13H16O6Si. The van der Waals surface area contributed by atoms with Gasteiger partial charge in [-0.1, -0.05) is 6.07 Å². The third-order valence-electron chi connectivity index (χ3n) is 2.82. The zero-order valence-electron chi connectivity index (χ0n) is 11.6. The second-order valence-corrected chi connectivity index (χ2v) is 7.44. The molecule has 0 saturated heterocycles. The Bertz CT molecular complexity index is 526. The molecule has 0 saturated carbocycles. The molecule has 1 heterocycles. The van der Waals surface area contributed by atoms with Crippen molar-refractivity contribution in [1.82, 2.24) is 0 Å². The minimum absolute atomic E-state index is 0.217. The topological polar surface area (TPSA) is 71.1 Å². The van der Waals surface area contributed by atoms with Gasteiger partial charge >= 0.3 is 8.56 Å². The van der Waals surface area contributed by atoms with Crippen molar-refractivity contribution in [3.63, 3.8) is 0 Å². The van der Waals surface area contributed by atoms with Gasteiger partial charge < -0.3 is 18.3 Å². The largest absolute Gasteiger partial charge is 0.496 e. The predicted octanol–water partition coefficient (Wildman–Crippen LogP) is 0.958. The fraction of sp³-hybridized carbons (Fsp3) is 0.385. The Morgan fingerprint density at radius 3 is 2.45 bits per heavy atom. The molecule has 2 rings (SSSR count). The van der Waals surface area contributed by atoms with Crippen LogP contribution in [0.15, 0.2) is 18.2 Å². The van der Waals surface area contributed by atoms with E-state index < -0.39 is 20.5 Å². The van der Waals surface area contributed by atoms with Gasteiger partial charge in [0.05, 0.1) is 6.61 Å². The van der Waals surface area contributed by atoms with Crippen LogP contribution in [0.1, 0.15) is 19.4 Å². The highest BCUT2D eigenvalue weighted by Gasteiger charge is 2.41. The van der Waals surface area contributed by atoms with Gasteiger partial charge in [0.15, 0.2) is 6.79 Å². The predicted molar refractivity (Wildman–Crippen MR) is 71.5 cm³/mol. The van der Waals surface area contributed by atoms with Crippen LogP contribution >= 0.6 is 0 Å². The van der Waals surface area contributed by atoms with Crippen LogP contribution in [-0.2, 0) is 29.8 Å². The van der Waals surface area contributed by atoms with Crippen molar-refractivity contribution >= 4 is 25.7 Å². The van der Waals surface area contributed by atoms with Gasteiger partial charge in [-0.25, -0.2) is 0 Å². The summed E-state index contributed by atoms with van der Waals surface area (Å²) in [6.07, 6.45) is 0. The Hall–Kier alpha value is -1.86. The highest BCUT2D eigenvalue weighted by atomic mass is 28.4. The second-order valence-electron chi connectivity index (χ2n) is 4.57. The number of ether oxygens (including phenoxy) is 2. The van der Waals surface area contributed by atoms with Crippen molar-refractivity contribution in [1.29, 1.82) is 0 Å². The molecule has 1 aliphatic heterocycles. The molecule has 1 aromatic carbocycles. The first-order valence-electron chi connectivity index (χ1n) is 6.14. The Balaban J connectivity index is 2.37. The Kier molecular flexibility index (Phi) is 4.10. The van der Waals surface area contributed by atoms with Gasteiger partial charge in [0, 0.05) is 31.1 Å². The molecule has 7 heteroatoms. The monoisotopic (exact) mass is 296 g/mol. The quantitative estimate of drug-likeness (QED) is 0.774. The molecule has 1 aromatic rings. The maximum Gasteiger partial charge on any atom is 0.496 e. The fourth-order valence-corrected chi connectivity index (χ4v) is 4.26. The van der Waals surface area contributed by atoms with Crippen molar-refractivity contribution in [2.75, 3.05) is 6.79 Å². The van der Waals surface area contributed by atoms with E-state index in [1.54, 1.807) is 24.7 Å². The molecule has 20 heavy (non-hydrogen) atoms. The molecule has 0 atom stereocenters. The average Bonchev–Trinajstić information content (AvgIpc) is 2.36. The Labute approximate surface area is 117 Å². The van der Waals surface area contributed by atoms with E-state index in [1.807, 2.05) is 0 Å². The summed E-state index contributed by atoms with van der Waals surface area (Å²) in [5.74, 6) is -0.238. The van der Waals surface area contributed by atoms with E-state index in [9.17, 15) is 9.59 Å². The normalized spacial score (nSPS) is 13.9. The summed E-state index contributed by atoms with van der Waals surface area (Å²) in [6.45, 7) is 4.86. The van der Waals surface area contributed by atoms with E-state index in [0.717, 1.165) is 11.3 Å². The summed E-state index contributed by atoms with van der Waals surface area (Å²) in [7, 11) is -3.12. The summed E-state index contributed by atoms with van der Waals surface area (Å²) in [5, 5.41) is 0.677. The molecule has 0 amide bonds.